The van der Waals surface area contributed by atoms with Crippen LogP contribution in [0.4, 0.5) is 0 Å². The van der Waals surface area contributed by atoms with Gasteiger partial charge in [0.05, 0.1) is 6.61 Å². The van der Waals surface area contributed by atoms with Crippen LogP contribution in [0.3, 0.4) is 0 Å². The Labute approximate surface area is 102 Å². The van der Waals surface area contributed by atoms with Crippen LogP contribution < -0.4 is 5.32 Å². The fourth-order valence-electron chi connectivity index (χ4n) is 1.87. The molecule has 2 atom stereocenters. The van der Waals surface area contributed by atoms with Gasteiger partial charge in [0.1, 0.15) is 6.04 Å². The molecule has 0 aliphatic carbocycles. The van der Waals surface area contributed by atoms with Gasteiger partial charge in [-0.25, -0.2) is 4.79 Å². The van der Waals surface area contributed by atoms with Gasteiger partial charge in [0, 0.05) is 6.42 Å². The molecule has 17 heavy (non-hydrogen) atoms. The van der Waals surface area contributed by atoms with Gasteiger partial charge in [-0.3, -0.25) is 4.79 Å². The normalized spacial score (nSPS) is 15.1. The Morgan fingerprint density at radius 3 is 2.18 bits per heavy atom. The molecule has 100 valence electrons. The summed E-state index contributed by atoms with van der Waals surface area (Å²) in [5, 5.41) is 19.7. The van der Waals surface area contributed by atoms with Crippen LogP contribution >= 0.6 is 0 Å². The molecule has 0 aromatic carbocycles. The van der Waals surface area contributed by atoms with Crippen molar-refractivity contribution in [3.63, 3.8) is 0 Å². The maximum atomic E-state index is 11.5. The first kappa shape index (κ1) is 15.9. The van der Waals surface area contributed by atoms with Gasteiger partial charge in [-0.2, -0.15) is 0 Å². The van der Waals surface area contributed by atoms with Crippen LogP contribution in [-0.2, 0) is 9.59 Å². The highest BCUT2D eigenvalue weighted by atomic mass is 16.4. The topological polar surface area (TPSA) is 86.6 Å². The van der Waals surface area contributed by atoms with Gasteiger partial charge in [0.2, 0.25) is 5.91 Å². The summed E-state index contributed by atoms with van der Waals surface area (Å²) in [7, 11) is 0. The molecule has 0 radical (unpaired) electrons. The maximum absolute atomic E-state index is 11.5. The molecular weight excluding hydrogens is 222 g/mol. The molecule has 0 heterocycles. The molecule has 0 fully saturated rings. The van der Waals surface area contributed by atoms with Crippen molar-refractivity contribution in [1.82, 2.24) is 5.32 Å². The third kappa shape index (κ3) is 7.74. The van der Waals surface area contributed by atoms with Crippen molar-refractivity contribution < 1.29 is 19.8 Å². The largest absolute Gasteiger partial charge is 0.480 e. The van der Waals surface area contributed by atoms with Crippen LogP contribution in [0.1, 0.15) is 40.5 Å². The summed E-state index contributed by atoms with van der Waals surface area (Å²) in [5.41, 5.74) is 0.142. The number of carboxylic acid groups (broad SMARTS) is 1. The van der Waals surface area contributed by atoms with E-state index in [0.717, 1.165) is 6.42 Å². The second kappa shape index (κ2) is 6.59. The van der Waals surface area contributed by atoms with Crippen LogP contribution in [0.25, 0.3) is 0 Å². The summed E-state index contributed by atoms with van der Waals surface area (Å²) in [6.45, 7) is 7.65. The summed E-state index contributed by atoms with van der Waals surface area (Å²) in [4.78, 5) is 22.1. The van der Waals surface area contributed by atoms with Crippen LogP contribution in [0.15, 0.2) is 0 Å². The van der Waals surface area contributed by atoms with Crippen molar-refractivity contribution in [2.24, 2.45) is 11.3 Å². The van der Waals surface area contributed by atoms with E-state index in [1.165, 1.54) is 0 Å². The summed E-state index contributed by atoms with van der Waals surface area (Å²) >= 11 is 0. The Kier molecular flexibility index (Phi) is 6.16. The number of rotatable bonds is 6. The van der Waals surface area contributed by atoms with Gasteiger partial charge >= 0.3 is 5.97 Å². The highest BCUT2D eigenvalue weighted by molar-refractivity contribution is 5.83. The first-order chi connectivity index (χ1) is 7.65. The second-order valence-corrected chi connectivity index (χ2v) is 5.71. The quantitative estimate of drug-likeness (QED) is 0.652. The highest BCUT2D eigenvalue weighted by Gasteiger charge is 2.21. The number of amides is 1. The van der Waals surface area contributed by atoms with E-state index in [1.807, 2.05) is 6.92 Å². The molecule has 5 nitrogen and oxygen atoms in total. The Hall–Kier alpha value is -1.10. The van der Waals surface area contributed by atoms with Crippen molar-refractivity contribution in [2.45, 2.75) is 46.6 Å². The van der Waals surface area contributed by atoms with E-state index in [1.54, 1.807) is 0 Å². The van der Waals surface area contributed by atoms with Crippen molar-refractivity contribution in [2.75, 3.05) is 6.61 Å². The van der Waals surface area contributed by atoms with Gasteiger partial charge in [0.25, 0.3) is 0 Å². The molecule has 0 aliphatic rings. The minimum atomic E-state index is -1.22. The van der Waals surface area contributed by atoms with Crippen LogP contribution in [0.5, 0.6) is 0 Å². The van der Waals surface area contributed by atoms with E-state index >= 15 is 0 Å². The monoisotopic (exact) mass is 245 g/mol. The third-order valence-corrected chi connectivity index (χ3v) is 2.31. The predicted octanol–water partition coefficient (Wildman–Crippen LogP) is 1.01. The number of nitrogens with one attached hydrogen (secondary N) is 1. The van der Waals surface area contributed by atoms with Crippen molar-refractivity contribution >= 4 is 11.9 Å². The zero-order valence-electron chi connectivity index (χ0n) is 11.0. The summed E-state index contributed by atoms with van der Waals surface area (Å²) in [5.74, 6) is -1.37. The lowest BCUT2D eigenvalue weighted by molar-refractivity contribution is -0.143. The smallest absolute Gasteiger partial charge is 0.328 e. The molecular formula is C12H23NO4. The van der Waals surface area contributed by atoms with E-state index in [-0.39, 0.29) is 23.7 Å². The Morgan fingerprint density at radius 1 is 1.29 bits per heavy atom. The molecule has 0 saturated heterocycles. The summed E-state index contributed by atoms with van der Waals surface area (Å²) in [6, 6.07) is -1.20. The molecule has 0 aliphatic heterocycles. The first-order valence-electron chi connectivity index (χ1n) is 5.78. The molecule has 0 aromatic heterocycles. The van der Waals surface area contributed by atoms with Crippen LogP contribution in [0, 0.1) is 11.3 Å². The second-order valence-electron chi connectivity index (χ2n) is 5.71. The van der Waals surface area contributed by atoms with E-state index in [9.17, 15) is 9.59 Å². The molecule has 0 spiro atoms. The number of carboxylic acids is 1. The number of aliphatic hydroxyl groups excluding tert-OH is 1. The lowest BCUT2D eigenvalue weighted by Gasteiger charge is -2.23. The summed E-state index contributed by atoms with van der Waals surface area (Å²) in [6.07, 6.45) is 1.17. The van der Waals surface area contributed by atoms with Gasteiger partial charge in [-0.15, -0.1) is 0 Å². The molecule has 0 aromatic rings. The van der Waals surface area contributed by atoms with Crippen molar-refractivity contribution in [3.05, 3.63) is 0 Å². The number of carbonyl (C=O) groups is 2. The van der Waals surface area contributed by atoms with Gasteiger partial charge in [-0.1, -0.05) is 27.7 Å². The zero-order chi connectivity index (χ0) is 13.6. The third-order valence-electron chi connectivity index (χ3n) is 2.31. The molecule has 1 amide bonds. The van der Waals surface area contributed by atoms with Gasteiger partial charge < -0.3 is 15.5 Å². The fraction of sp³-hybridized carbons (Fsp3) is 0.833. The average molecular weight is 245 g/mol. The average Bonchev–Trinajstić information content (AvgIpc) is 2.09. The predicted molar refractivity (Wildman–Crippen MR) is 64.5 cm³/mol. The maximum Gasteiger partial charge on any atom is 0.328 e. The SMILES string of the molecule is CC(CC(=O)N[C@@H](CO)C(=O)O)CC(C)(C)C. The molecule has 0 saturated carbocycles. The Bertz CT molecular complexity index is 270. The molecule has 0 rings (SSSR count). The fourth-order valence-corrected chi connectivity index (χ4v) is 1.87. The number of hydrogen-bond donors (Lipinski definition) is 3. The number of hydrogen-bond acceptors (Lipinski definition) is 3. The van der Waals surface area contributed by atoms with Crippen LogP contribution in [-0.4, -0.2) is 34.7 Å². The lowest BCUT2D eigenvalue weighted by Crippen LogP contribution is -2.43. The Morgan fingerprint density at radius 2 is 1.82 bits per heavy atom. The standard InChI is InChI=1S/C12H23NO4/c1-8(6-12(2,3)4)5-10(15)13-9(7-14)11(16)17/h8-9,14H,5-7H2,1-4H3,(H,13,15)(H,16,17)/t8?,9-/m0/s1. The lowest BCUT2D eigenvalue weighted by atomic mass is 9.84. The molecule has 3 N–H and O–H groups in total. The number of aliphatic hydroxyl groups is 1. The van der Waals surface area contributed by atoms with E-state index in [0.29, 0.717) is 0 Å². The molecule has 1 unspecified atom stereocenters. The first-order valence-corrected chi connectivity index (χ1v) is 5.78. The van der Waals surface area contributed by atoms with Crippen molar-refractivity contribution in [1.29, 1.82) is 0 Å². The minimum Gasteiger partial charge on any atom is -0.480 e. The van der Waals surface area contributed by atoms with E-state index in [4.69, 9.17) is 10.2 Å². The number of carbonyl (C=O) groups excluding carboxylic acids is 1. The van der Waals surface area contributed by atoms with Gasteiger partial charge in [0.15, 0.2) is 0 Å². The van der Waals surface area contributed by atoms with E-state index < -0.39 is 18.6 Å². The van der Waals surface area contributed by atoms with Crippen LogP contribution in [0.2, 0.25) is 0 Å². The summed E-state index contributed by atoms with van der Waals surface area (Å²) < 4.78 is 0. The highest BCUT2D eigenvalue weighted by Crippen LogP contribution is 2.25. The van der Waals surface area contributed by atoms with Crippen molar-refractivity contribution in [3.8, 4) is 0 Å². The number of aliphatic carboxylic acids is 1. The van der Waals surface area contributed by atoms with E-state index in [2.05, 4.69) is 26.1 Å². The molecule has 0 bridgehead atoms. The zero-order valence-corrected chi connectivity index (χ0v) is 11.0. The Balaban J connectivity index is 4.13. The van der Waals surface area contributed by atoms with Gasteiger partial charge in [-0.05, 0) is 17.8 Å². The minimum absolute atomic E-state index is 0.142. The molecule has 5 heteroatoms.